The first-order valence-corrected chi connectivity index (χ1v) is 10.3. The number of H-pyrrole nitrogens is 1. The summed E-state index contributed by atoms with van der Waals surface area (Å²) in [5.41, 5.74) is 4.83. The monoisotopic (exact) mass is 448 g/mol. The minimum Gasteiger partial charge on any atom is -0.356 e. The van der Waals surface area contributed by atoms with E-state index in [2.05, 4.69) is 33.0 Å². The van der Waals surface area contributed by atoms with Crippen molar-refractivity contribution in [3.63, 3.8) is 0 Å². The van der Waals surface area contributed by atoms with Crippen molar-refractivity contribution in [3.05, 3.63) is 105 Å². The molecule has 5 rings (SSSR count). The van der Waals surface area contributed by atoms with Crippen LogP contribution in [0, 0.1) is 5.82 Å². The molecule has 0 unspecified atom stereocenters. The van der Waals surface area contributed by atoms with Gasteiger partial charge in [-0.15, -0.1) is 0 Å². The van der Waals surface area contributed by atoms with Gasteiger partial charge in [0.1, 0.15) is 5.82 Å². The molecule has 0 fully saturated rings. The molecular formula is C24H18BrFN2O. The van der Waals surface area contributed by atoms with Gasteiger partial charge in [-0.3, -0.25) is 4.79 Å². The van der Waals surface area contributed by atoms with Crippen LogP contribution in [-0.2, 0) is 6.42 Å². The number of benzene rings is 3. The number of amides is 1. The minimum absolute atomic E-state index is 0.0314. The average Bonchev–Trinajstić information content (AvgIpc) is 3.12. The summed E-state index contributed by atoms with van der Waals surface area (Å²) in [6.45, 7) is 0.603. The number of carbonyl (C=O) groups is 1. The first-order chi connectivity index (χ1) is 14.1. The zero-order chi connectivity index (χ0) is 20.0. The van der Waals surface area contributed by atoms with Gasteiger partial charge in [-0.05, 0) is 60.0 Å². The molecule has 3 aromatic carbocycles. The first-order valence-electron chi connectivity index (χ1n) is 9.53. The Bertz CT molecular complexity index is 1200. The third-order valence-electron chi connectivity index (χ3n) is 5.57. The van der Waals surface area contributed by atoms with Gasteiger partial charge in [0.25, 0.3) is 5.91 Å². The number of para-hydroxylation sites is 1. The highest BCUT2D eigenvalue weighted by molar-refractivity contribution is 9.10. The molecule has 1 aromatic heterocycles. The van der Waals surface area contributed by atoms with Crippen molar-refractivity contribution in [1.82, 2.24) is 9.88 Å². The number of rotatable bonds is 2. The van der Waals surface area contributed by atoms with Crippen LogP contribution in [0.5, 0.6) is 0 Å². The Balaban J connectivity index is 1.65. The number of fused-ring (bicyclic) bond motifs is 3. The molecule has 4 aromatic rings. The summed E-state index contributed by atoms with van der Waals surface area (Å²) >= 11 is 3.42. The van der Waals surface area contributed by atoms with Gasteiger partial charge in [-0.25, -0.2) is 4.39 Å². The standard InChI is InChI=1S/C24H18BrFN2O/c25-17-9-5-16(6-10-17)24(29)28-14-13-20-19-3-1-2-4-21(19)27-22(20)23(28)15-7-11-18(26)12-8-15/h1-12,23,27H,13-14H2/t23-/m0/s1. The lowest BCUT2D eigenvalue weighted by Gasteiger charge is -2.36. The Kier molecular flexibility index (Phi) is 4.47. The molecule has 1 aliphatic rings. The smallest absolute Gasteiger partial charge is 0.254 e. The molecule has 144 valence electrons. The molecule has 3 nitrogen and oxygen atoms in total. The first kappa shape index (κ1) is 18.1. The third kappa shape index (κ3) is 3.15. The van der Waals surface area contributed by atoms with Gasteiger partial charge in [0.2, 0.25) is 0 Å². The van der Waals surface area contributed by atoms with E-state index in [0.717, 1.165) is 27.7 Å². The van der Waals surface area contributed by atoms with Gasteiger partial charge in [0.15, 0.2) is 0 Å². The highest BCUT2D eigenvalue weighted by Gasteiger charge is 2.34. The Morgan fingerprint density at radius 3 is 2.48 bits per heavy atom. The molecule has 5 heteroatoms. The number of nitrogens with zero attached hydrogens (tertiary/aromatic N) is 1. The maximum atomic E-state index is 13.6. The molecule has 0 radical (unpaired) electrons. The minimum atomic E-state index is -0.289. The van der Waals surface area contributed by atoms with E-state index in [9.17, 15) is 9.18 Å². The maximum absolute atomic E-state index is 13.6. The fraction of sp³-hybridized carbons (Fsp3) is 0.125. The second-order valence-electron chi connectivity index (χ2n) is 7.27. The molecule has 29 heavy (non-hydrogen) atoms. The largest absolute Gasteiger partial charge is 0.356 e. The topological polar surface area (TPSA) is 36.1 Å². The maximum Gasteiger partial charge on any atom is 0.254 e. The molecule has 1 aliphatic heterocycles. The van der Waals surface area contributed by atoms with E-state index >= 15 is 0 Å². The van der Waals surface area contributed by atoms with Crippen molar-refractivity contribution in [2.75, 3.05) is 6.54 Å². The van der Waals surface area contributed by atoms with Crippen LogP contribution in [0.25, 0.3) is 10.9 Å². The summed E-state index contributed by atoms with van der Waals surface area (Å²) < 4.78 is 14.5. The van der Waals surface area contributed by atoms with Crippen molar-refractivity contribution in [1.29, 1.82) is 0 Å². The average molecular weight is 449 g/mol. The second kappa shape index (κ2) is 7.16. The van der Waals surface area contributed by atoms with Gasteiger partial charge in [-0.2, -0.15) is 0 Å². The highest BCUT2D eigenvalue weighted by atomic mass is 79.9. The predicted octanol–water partition coefficient (Wildman–Crippen LogP) is 5.86. The van der Waals surface area contributed by atoms with Gasteiger partial charge < -0.3 is 9.88 Å². The van der Waals surface area contributed by atoms with Crippen molar-refractivity contribution in [2.24, 2.45) is 0 Å². The van der Waals surface area contributed by atoms with Crippen LogP contribution in [0.15, 0.2) is 77.3 Å². The van der Waals surface area contributed by atoms with Crippen molar-refractivity contribution < 1.29 is 9.18 Å². The Morgan fingerprint density at radius 1 is 1.00 bits per heavy atom. The van der Waals surface area contributed by atoms with E-state index in [4.69, 9.17) is 0 Å². The lowest BCUT2D eigenvalue weighted by Crippen LogP contribution is -2.40. The molecular weight excluding hydrogens is 431 g/mol. The number of hydrogen-bond donors (Lipinski definition) is 1. The van der Waals surface area contributed by atoms with Gasteiger partial charge in [-0.1, -0.05) is 46.3 Å². The van der Waals surface area contributed by atoms with E-state index in [1.54, 1.807) is 12.1 Å². The number of carbonyl (C=O) groups excluding carboxylic acids is 1. The Labute approximate surface area is 176 Å². The van der Waals surface area contributed by atoms with E-state index < -0.39 is 0 Å². The van der Waals surface area contributed by atoms with Gasteiger partial charge in [0, 0.05) is 33.2 Å². The highest BCUT2D eigenvalue weighted by Crippen LogP contribution is 2.39. The number of halogens is 2. The van der Waals surface area contributed by atoms with E-state index in [-0.39, 0.29) is 17.8 Å². The molecule has 0 saturated heterocycles. The van der Waals surface area contributed by atoms with Crippen LogP contribution in [0.4, 0.5) is 4.39 Å². The summed E-state index contributed by atoms with van der Waals surface area (Å²) in [4.78, 5) is 18.8. The summed E-state index contributed by atoms with van der Waals surface area (Å²) in [5.74, 6) is -0.316. The lowest BCUT2D eigenvalue weighted by molar-refractivity contribution is 0.0692. The summed E-state index contributed by atoms with van der Waals surface area (Å²) in [7, 11) is 0. The van der Waals surface area contributed by atoms with Crippen molar-refractivity contribution >= 4 is 32.7 Å². The SMILES string of the molecule is O=C(c1ccc(Br)cc1)N1CCc2c([nH]c3ccccc23)[C@@H]1c1ccc(F)cc1. The fourth-order valence-electron chi connectivity index (χ4n) is 4.21. The number of nitrogens with one attached hydrogen (secondary N) is 1. The summed E-state index contributed by atoms with van der Waals surface area (Å²) in [6, 6.07) is 21.7. The lowest BCUT2D eigenvalue weighted by atomic mass is 9.91. The van der Waals surface area contributed by atoms with E-state index in [1.165, 1.54) is 23.1 Å². The number of hydrogen-bond acceptors (Lipinski definition) is 1. The van der Waals surface area contributed by atoms with Crippen LogP contribution in [0.2, 0.25) is 0 Å². The molecule has 1 amide bonds. The molecule has 1 N–H and O–H groups in total. The van der Waals surface area contributed by atoms with Gasteiger partial charge in [0.05, 0.1) is 6.04 Å². The van der Waals surface area contributed by atoms with Crippen molar-refractivity contribution in [2.45, 2.75) is 12.5 Å². The summed E-state index contributed by atoms with van der Waals surface area (Å²) in [6.07, 6.45) is 0.777. The van der Waals surface area contributed by atoms with Gasteiger partial charge >= 0.3 is 0 Å². The van der Waals surface area contributed by atoms with Crippen LogP contribution in [-0.4, -0.2) is 22.3 Å². The Morgan fingerprint density at radius 2 is 1.72 bits per heavy atom. The zero-order valence-electron chi connectivity index (χ0n) is 15.5. The number of aromatic amines is 1. The zero-order valence-corrected chi connectivity index (χ0v) is 17.1. The molecule has 0 bridgehead atoms. The van der Waals surface area contributed by atoms with Crippen LogP contribution >= 0.6 is 15.9 Å². The summed E-state index contributed by atoms with van der Waals surface area (Å²) in [5, 5.41) is 1.19. The molecule has 0 spiro atoms. The normalized spacial score (nSPS) is 16.1. The van der Waals surface area contributed by atoms with E-state index in [1.807, 2.05) is 41.3 Å². The molecule has 2 heterocycles. The number of aromatic nitrogens is 1. The fourth-order valence-corrected chi connectivity index (χ4v) is 4.47. The third-order valence-corrected chi connectivity index (χ3v) is 6.10. The van der Waals surface area contributed by atoms with Crippen molar-refractivity contribution in [3.8, 4) is 0 Å². The Hall–Kier alpha value is -2.92. The quantitative estimate of drug-likeness (QED) is 0.409. The second-order valence-corrected chi connectivity index (χ2v) is 8.19. The molecule has 0 saturated carbocycles. The van der Waals surface area contributed by atoms with Crippen LogP contribution < -0.4 is 0 Å². The van der Waals surface area contributed by atoms with E-state index in [0.29, 0.717) is 12.1 Å². The molecule has 0 aliphatic carbocycles. The van der Waals surface area contributed by atoms with Crippen LogP contribution in [0.3, 0.4) is 0 Å². The molecule has 1 atom stereocenters. The predicted molar refractivity (Wildman–Crippen MR) is 115 cm³/mol. The van der Waals surface area contributed by atoms with Crippen LogP contribution in [0.1, 0.15) is 33.2 Å².